The van der Waals surface area contributed by atoms with Crippen molar-refractivity contribution in [3.63, 3.8) is 0 Å². The minimum absolute atomic E-state index is 0.290. The van der Waals surface area contributed by atoms with Crippen LogP contribution in [0.1, 0.15) is 11.3 Å². The van der Waals surface area contributed by atoms with Crippen LogP contribution in [0, 0.1) is 11.3 Å². The van der Waals surface area contributed by atoms with Crippen LogP contribution in [0.25, 0.3) is 0 Å². The van der Waals surface area contributed by atoms with Crippen LogP contribution < -0.4 is 10.1 Å². The lowest BCUT2D eigenvalue weighted by atomic mass is 10.2. The number of methoxy groups -OCH3 is 1. The first-order valence-corrected chi connectivity index (χ1v) is 5.91. The summed E-state index contributed by atoms with van der Waals surface area (Å²) in [6, 6.07) is 10.8. The zero-order chi connectivity index (χ0) is 13.7. The first-order chi connectivity index (χ1) is 9.22. The van der Waals surface area contributed by atoms with Crippen molar-refractivity contribution >= 4 is 17.4 Å². The molecule has 0 atom stereocenters. The lowest BCUT2D eigenvalue weighted by Crippen LogP contribution is -2.02. The maximum absolute atomic E-state index is 8.62. The standard InChI is InChI=1S/C13H11ClN4O/c1-19-12-4-2-9(6-11(12)14)8-16-13-5-3-10(7-15)17-18-13/h2-6H,8H2,1H3,(H,16,18). The third-order valence-corrected chi connectivity index (χ3v) is 2.76. The van der Waals surface area contributed by atoms with E-state index in [0.29, 0.717) is 23.1 Å². The van der Waals surface area contributed by atoms with Gasteiger partial charge in [-0.1, -0.05) is 17.7 Å². The van der Waals surface area contributed by atoms with E-state index in [0.717, 1.165) is 5.56 Å². The molecule has 0 aliphatic rings. The molecule has 0 fully saturated rings. The van der Waals surface area contributed by atoms with E-state index in [1.54, 1.807) is 19.2 Å². The Morgan fingerprint density at radius 3 is 2.74 bits per heavy atom. The quantitative estimate of drug-likeness (QED) is 0.928. The predicted molar refractivity (Wildman–Crippen MR) is 72.1 cm³/mol. The molecule has 19 heavy (non-hydrogen) atoms. The van der Waals surface area contributed by atoms with Crippen molar-refractivity contribution in [2.75, 3.05) is 12.4 Å². The fourth-order valence-corrected chi connectivity index (χ4v) is 1.78. The number of hydrogen-bond donors (Lipinski definition) is 1. The highest BCUT2D eigenvalue weighted by Crippen LogP contribution is 2.25. The van der Waals surface area contributed by atoms with E-state index in [1.165, 1.54) is 0 Å². The number of nitriles is 1. The first kappa shape index (κ1) is 13.1. The van der Waals surface area contributed by atoms with E-state index in [4.69, 9.17) is 21.6 Å². The van der Waals surface area contributed by atoms with Crippen molar-refractivity contribution in [2.45, 2.75) is 6.54 Å². The largest absolute Gasteiger partial charge is 0.495 e. The normalized spacial score (nSPS) is 9.74. The molecule has 0 saturated heterocycles. The molecule has 0 amide bonds. The lowest BCUT2D eigenvalue weighted by molar-refractivity contribution is 0.415. The van der Waals surface area contributed by atoms with Gasteiger partial charge in [0.1, 0.15) is 17.6 Å². The summed E-state index contributed by atoms with van der Waals surface area (Å²) in [5, 5.41) is 19.9. The van der Waals surface area contributed by atoms with Crippen LogP contribution in [0.2, 0.25) is 5.02 Å². The molecule has 1 aromatic heterocycles. The van der Waals surface area contributed by atoms with E-state index in [2.05, 4.69) is 15.5 Å². The number of nitrogens with one attached hydrogen (secondary N) is 1. The Balaban J connectivity index is 2.02. The van der Waals surface area contributed by atoms with Crippen molar-refractivity contribution in [1.82, 2.24) is 10.2 Å². The second kappa shape index (κ2) is 6.03. The van der Waals surface area contributed by atoms with Gasteiger partial charge in [0.05, 0.1) is 12.1 Å². The predicted octanol–water partition coefficient (Wildman–Crippen LogP) is 2.62. The number of hydrogen-bond acceptors (Lipinski definition) is 5. The molecular weight excluding hydrogens is 264 g/mol. The van der Waals surface area contributed by atoms with Crippen molar-refractivity contribution in [2.24, 2.45) is 0 Å². The Morgan fingerprint density at radius 2 is 2.16 bits per heavy atom. The highest BCUT2D eigenvalue weighted by Gasteiger charge is 2.02. The van der Waals surface area contributed by atoms with Crippen molar-refractivity contribution in [1.29, 1.82) is 5.26 Å². The van der Waals surface area contributed by atoms with Gasteiger partial charge in [-0.05, 0) is 29.8 Å². The Hall–Kier alpha value is -2.32. The maximum atomic E-state index is 8.62. The fourth-order valence-electron chi connectivity index (χ4n) is 1.50. The number of aromatic nitrogens is 2. The summed E-state index contributed by atoms with van der Waals surface area (Å²) < 4.78 is 5.08. The van der Waals surface area contributed by atoms with Crippen LogP contribution in [0.5, 0.6) is 5.75 Å². The SMILES string of the molecule is COc1ccc(CNc2ccc(C#N)nn2)cc1Cl. The van der Waals surface area contributed by atoms with Crippen LogP contribution in [-0.2, 0) is 6.54 Å². The van der Waals surface area contributed by atoms with Gasteiger partial charge in [-0.25, -0.2) is 0 Å². The summed E-state index contributed by atoms with van der Waals surface area (Å²) in [5.41, 5.74) is 1.29. The molecule has 1 N–H and O–H groups in total. The monoisotopic (exact) mass is 274 g/mol. The minimum Gasteiger partial charge on any atom is -0.495 e. The smallest absolute Gasteiger partial charge is 0.163 e. The summed E-state index contributed by atoms with van der Waals surface area (Å²) in [5.74, 6) is 1.24. The molecule has 0 radical (unpaired) electrons. The fraction of sp³-hybridized carbons (Fsp3) is 0.154. The first-order valence-electron chi connectivity index (χ1n) is 5.53. The Kier molecular flexibility index (Phi) is 4.16. The van der Waals surface area contributed by atoms with Crippen LogP contribution in [0.15, 0.2) is 30.3 Å². The highest BCUT2D eigenvalue weighted by atomic mass is 35.5. The van der Waals surface area contributed by atoms with E-state index in [-0.39, 0.29) is 5.69 Å². The molecule has 0 spiro atoms. The molecule has 1 aromatic carbocycles. The number of rotatable bonds is 4. The van der Waals surface area contributed by atoms with Crippen molar-refractivity contribution in [3.05, 3.63) is 46.6 Å². The molecule has 0 aliphatic heterocycles. The van der Waals surface area contributed by atoms with Gasteiger partial charge >= 0.3 is 0 Å². The lowest BCUT2D eigenvalue weighted by Gasteiger charge is -2.07. The van der Waals surface area contributed by atoms with Crippen LogP contribution in [0.4, 0.5) is 5.82 Å². The highest BCUT2D eigenvalue weighted by molar-refractivity contribution is 6.32. The molecule has 0 bridgehead atoms. The third kappa shape index (κ3) is 3.33. The number of halogens is 1. The summed E-state index contributed by atoms with van der Waals surface area (Å²) in [6.45, 7) is 0.560. The van der Waals surface area contributed by atoms with Gasteiger partial charge in [-0.2, -0.15) is 5.26 Å². The molecule has 0 saturated carbocycles. The van der Waals surface area contributed by atoms with Crippen molar-refractivity contribution < 1.29 is 4.74 Å². The second-order valence-corrected chi connectivity index (χ2v) is 4.15. The molecule has 0 unspecified atom stereocenters. The average molecular weight is 275 g/mol. The zero-order valence-electron chi connectivity index (χ0n) is 10.2. The molecular formula is C13H11ClN4O. The number of nitrogens with zero attached hydrogens (tertiary/aromatic N) is 3. The average Bonchev–Trinajstić information content (AvgIpc) is 2.46. The molecule has 1 heterocycles. The van der Waals surface area contributed by atoms with Crippen LogP contribution in [0.3, 0.4) is 0 Å². The van der Waals surface area contributed by atoms with Gasteiger partial charge in [-0.3, -0.25) is 0 Å². The van der Waals surface area contributed by atoms with E-state index < -0.39 is 0 Å². The second-order valence-electron chi connectivity index (χ2n) is 3.74. The van der Waals surface area contributed by atoms with Gasteiger partial charge in [-0.15, -0.1) is 10.2 Å². The van der Waals surface area contributed by atoms with Gasteiger partial charge < -0.3 is 10.1 Å². The number of benzene rings is 1. The molecule has 5 nitrogen and oxygen atoms in total. The topological polar surface area (TPSA) is 70.8 Å². The minimum atomic E-state index is 0.290. The Labute approximate surface area is 115 Å². The summed E-state index contributed by atoms with van der Waals surface area (Å²) in [7, 11) is 1.57. The van der Waals surface area contributed by atoms with Gasteiger partial charge in [0, 0.05) is 6.54 Å². The Morgan fingerprint density at radius 1 is 1.32 bits per heavy atom. The van der Waals surface area contributed by atoms with E-state index >= 15 is 0 Å². The number of ether oxygens (including phenoxy) is 1. The molecule has 0 aliphatic carbocycles. The number of anilines is 1. The van der Waals surface area contributed by atoms with E-state index in [1.807, 2.05) is 24.3 Å². The zero-order valence-corrected chi connectivity index (χ0v) is 11.0. The van der Waals surface area contributed by atoms with Crippen molar-refractivity contribution in [3.8, 4) is 11.8 Å². The summed E-state index contributed by atoms with van der Waals surface area (Å²) in [4.78, 5) is 0. The Bertz CT molecular complexity index is 607. The third-order valence-electron chi connectivity index (χ3n) is 2.47. The molecule has 6 heteroatoms. The van der Waals surface area contributed by atoms with Gasteiger partial charge in [0.25, 0.3) is 0 Å². The van der Waals surface area contributed by atoms with E-state index in [9.17, 15) is 0 Å². The molecule has 96 valence electrons. The van der Waals surface area contributed by atoms with Crippen LogP contribution in [-0.4, -0.2) is 17.3 Å². The maximum Gasteiger partial charge on any atom is 0.163 e. The molecule has 2 aromatic rings. The van der Waals surface area contributed by atoms with Gasteiger partial charge in [0.15, 0.2) is 5.69 Å². The summed E-state index contributed by atoms with van der Waals surface area (Å²) in [6.07, 6.45) is 0. The van der Waals surface area contributed by atoms with Crippen LogP contribution >= 0.6 is 11.6 Å². The molecule has 2 rings (SSSR count). The summed E-state index contributed by atoms with van der Waals surface area (Å²) >= 11 is 6.03. The van der Waals surface area contributed by atoms with Gasteiger partial charge in [0.2, 0.25) is 0 Å².